The molecule has 0 saturated heterocycles. The predicted octanol–water partition coefficient (Wildman–Crippen LogP) is 0.939. The standard InChI is InChI=1S/C12H21N3O2/c1-11(2,12(3,4)17)14-10(16)6-9-15-8-5-7-13-15/h5,7-8,17H,6,9H2,1-4H3,(H,14,16). The number of aliphatic hydroxyl groups is 1. The summed E-state index contributed by atoms with van der Waals surface area (Å²) >= 11 is 0. The van der Waals surface area contributed by atoms with E-state index in [4.69, 9.17) is 0 Å². The van der Waals surface area contributed by atoms with Gasteiger partial charge in [0.25, 0.3) is 0 Å². The number of hydrogen-bond donors (Lipinski definition) is 2. The lowest BCUT2D eigenvalue weighted by Crippen LogP contribution is -2.57. The van der Waals surface area contributed by atoms with Crippen LogP contribution < -0.4 is 5.32 Å². The number of hydrogen-bond acceptors (Lipinski definition) is 3. The van der Waals surface area contributed by atoms with Crippen LogP contribution in [0, 0.1) is 0 Å². The zero-order valence-corrected chi connectivity index (χ0v) is 10.9. The van der Waals surface area contributed by atoms with Crippen LogP contribution in [-0.2, 0) is 11.3 Å². The zero-order chi connectivity index (χ0) is 13.1. The molecule has 0 saturated carbocycles. The molecule has 0 unspecified atom stereocenters. The highest BCUT2D eigenvalue weighted by Crippen LogP contribution is 2.20. The Kier molecular flexibility index (Phi) is 3.93. The van der Waals surface area contributed by atoms with E-state index in [1.807, 2.05) is 12.3 Å². The van der Waals surface area contributed by atoms with E-state index in [9.17, 15) is 9.90 Å². The number of aromatic nitrogens is 2. The van der Waals surface area contributed by atoms with E-state index in [0.29, 0.717) is 13.0 Å². The summed E-state index contributed by atoms with van der Waals surface area (Å²) in [4.78, 5) is 11.7. The summed E-state index contributed by atoms with van der Waals surface area (Å²) in [5.74, 6) is -0.0902. The molecule has 1 heterocycles. The van der Waals surface area contributed by atoms with Crippen molar-refractivity contribution in [2.75, 3.05) is 0 Å². The van der Waals surface area contributed by atoms with Crippen LogP contribution in [0.4, 0.5) is 0 Å². The Labute approximate surface area is 102 Å². The molecule has 5 heteroatoms. The van der Waals surface area contributed by atoms with Gasteiger partial charge < -0.3 is 10.4 Å². The van der Waals surface area contributed by atoms with Crippen molar-refractivity contribution in [3.05, 3.63) is 18.5 Å². The normalized spacial score (nSPS) is 12.5. The molecule has 0 atom stereocenters. The van der Waals surface area contributed by atoms with Crippen molar-refractivity contribution in [1.82, 2.24) is 15.1 Å². The van der Waals surface area contributed by atoms with Crippen molar-refractivity contribution < 1.29 is 9.90 Å². The van der Waals surface area contributed by atoms with Gasteiger partial charge in [-0.05, 0) is 33.8 Å². The van der Waals surface area contributed by atoms with E-state index in [1.165, 1.54) is 0 Å². The fourth-order valence-corrected chi connectivity index (χ4v) is 1.21. The molecule has 0 aliphatic carbocycles. The molecule has 1 aromatic rings. The SMILES string of the molecule is CC(C)(O)C(C)(C)NC(=O)CCn1cccn1. The molecule has 0 bridgehead atoms. The maximum absolute atomic E-state index is 11.7. The second-order valence-corrected chi connectivity index (χ2v) is 5.25. The van der Waals surface area contributed by atoms with Gasteiger partial charge in [0.05, 0.1) is 11.1 Å². The molecular formula is C12H21N3O2. The molecule has 0 aliphatic heterocycles. The molecule has 0 radical (unpaired) electrons. The van der Waals surface area contributed by atoms with Gasteiger partial charge in [0, 0.05) is 25.4 Å². The molecule has 17 heavy (non-hydrogen) atoms. The maximum atomic E-state index is 11.7. The van der Waals surface area contributed by atoms with Crippen LogP contribution in [0.5, 0.6) is 0 Å². The fraction of sp³-hybridized carbons (Fsp3) is 0.667. The van der Waals surface area contributed by atoms with Crippen LogP contribution in [0.3, 0.4) is 0 Å². The largest absolute Gasteiger partial charge is 0.388 e. The van der Waals surface area contributed by atoms with Crippen LogP contribution in [0.1, 0.15) is 34.1 Å². The minimum absolute atomic E-state index is 0.0902. The number of rotatable bonds is 5. The van der Waals surface area contributed by atoms with Crippen molar-refractivity contribution in [2.45, 2.75) is 51.8 Å². The fourth-order valence-electron chi connectivity index (χ4n) is 1.21. The number of aryl methyl sites for hydroxylation is 1. The van der Waals surface area contributed by atoms with Gasteiger partial charge in [-0.3, -0.25) is 9.48 Å². The van der Waals surface area contributed by atoms with Gasteiger partial charge in [0.2, 0.25) is 5.91 Å². The quantitative estimate of drug-likeness (QED) is 0.803. The monoisotopic (exact) mass is 239 g/mol. The van der Waals surface area contributed by atoms with Crippen molar-refractivity contribution in [1.29, 1.82) is 0 Å². The molecule has 0 aromatic carbocycles. The van der Waals surface area contributed by atoms with Gasteiger partial charge in [-0.2, -0.15) is 5.10 Å². The van der Waals surface area contributed by atoms with Gasteiger partial charge in [-0.15, -0.1) is 0 Å². The van der Waals surface area contributed by atoms with Gasteiger partial charge in [-0.1, -0.05) is 0 Å². The van der Waals surface area contributed by atoms with Crippen LogP contribution in [-0.4, -0.2) is 31.9 Å². The highest BCUT2D eigenvalue weighted by molar-refractivity contribution is 5.76. The van der Waals surface area contributed by atoms with E-state index < -0.39 is 11.1 Å². The molecule has 1 rings (SSSR count). The molecule has 1 aromatic heterocycles. The summed E-state index contributed by atoms with van der Waals surface area (Å²) in [6.07, 6.45) is 3.84. The third-order valence-electron chi connectivity index (χ3n) is 3.11. The lowest BCUT2D eigenvalue weighted by molar-refractivity contribution is -0.126. The number of nitrogens with zero attached hydrogens (tertiary/aromatic N) is 2. The Bertz CT molecular complexity index is 364. The van der Waals surface area contributed by atoms with Crippen molar-refractivity contribution in [2.24, 2.45) is 0 Å². The van der Waals surface area contributed by atoms with E-state index >= 15 is 0 Å². The summed E-state index contributed by atoms with van der Waals surface area (Å²) < 4.78 is 1.71. The molecular weight excluding hydrogens is 218 g/mol. The van der Waals surface area contributed by atoms with Crippen molar-refractivity contribution in [3.63, 3.8) is 0 Å². The molecule has 1 amide bonds. The summed E-state index contributed by atoms with van der Waals surface area (Å²) in [6.45, 7) is 7.51. The smallest absolute Gasteiger partial charge is 0.222 e. The second-order valence-electron chi connectivity index (χ2n) is 5.25. The minimum Gasteiger partial charge on any atom is -0.388 e. The molecule has 0 fully saturated rings. The highest BCUT2D eigenvalue weighted by Gasteiger charge is 2.36. The molecule has 0 aliphatic rings. The van der Waals surface area contributed by atoms with E-state index in [1.54, 1.807) is 38.6 Å². The van der Waals surface area contributed by atoms with Gasteiger partial charge >= 0.3 is 0 Å². The van der Waals surface area contributed by atoms with Crippen LogP contribution in [0.2, 0.25) is 0 Å². The summed E-state index contributed by atoms with van der Waals surface area (Å²) in [7, 11) is 0. The van der Waals surface area contributed by atoms with Crippen LogP contribution in [0.25, 0.3) is 0 Å². The first kappa shape index (κ1) is 13.7. The van der Waals surface area contributed by atoms with E-state index in [2.05, 4.69) is 10.4 Å². The lowest BCUT2D eigenvalue weighted by Gasteiger charge is -2.38. The first-order valence-corrected chi connectivity index (χ1v) is 5.73. The molecule has 2 N–H and O–H groups in total. The van der Waals surface area contributed by atoms with E-state index in [-0.39, 0.29) is 5.91 Å². The molecule has 0 spiro atoms. The zero-order valence-electron chi connectivity index (χ0n) is 10.9. The Hall–Kier alpha value is -1.36. The third kappa shape index (κ3) is 3.85. The Morgan fingerprint density at radius 3 is 2.53 bits per heavy atom. The predicted molar refractivity (Wildman–Crippen MR) is 65.4 cm³/mol. The molecule has 96 valence electrons. The maximum Gasteiger partial charge on any atom is 0.222 e. The number of carbonyl (C=O) groups excluding carboxylic acids is 1. The summed E-state index contributed by atoms with van der Waals surface area (Å²) in [5, 5.41) is 16.8. The highest BCUT2D eigenvalue weighted by atomic mass is 16.3. The Balaban J connectivity index is 2.45. The second kappa shape index (κ2) is 4.87. The Morgan fingerprint density at radius 1 is 1.41 bits per heavy atom. The van der Waals surface area contributed by atoms with Gasteiger partial charge in [-0.25, -0.2) is 0 Å². The first-order chi connectivity index (χ1) is 7.72. The van der Waals surface area contributed by atoms with Crippen LogP contribution >= 0.6 is 0 Å². The van der Waals surface area contributed by atoms with Crippen molar-refractivity contribution in [3.8, 4) is 0 Å². The average molecular weight is 239 g/mol. The molecule has 5 nitrogen and oxygen atoms in total. The third-order valence-corrected chi connectivity index (χ3v) is 3.11. The number of nitrogens with one attached hydrogen (secondary N) is 1. The van der Waals surface area contributed by atoms with E-state index in [0.717, 1.165) is 0 Å². The summed E-state index contributed by atoms with van der Waals surface area (Å²) in [6, 6.07) is 1.82. The lowest BCUT2D eigenvalue weighted by atomic mass is 9.86. The number of carbonyl (C=O) groups is 1. The topological polar surface area (TPSA) is 67.2 Å². The van der Waals surface area contributed by atoms with Gasteiger partial charge in [0.1, 0.15) is 0 Å². The minimum atomic E-state index is -0.964. The number of amides is 1. The Morgan fingerprint density at radius 2 is 2.06 bits per heavy atom. The van der Waals surface area contributed by atoms with Crippen molar-refractivity contribution >= 4 is 5.91 Å². The average Bonchev–Trinajstić information content (AvgIpc) is 2.64. The van der Waals surface area contributed by atoms with Crippen LogP contribution in [0.15, 0.2) is 18.5 Å². The summed E-state index contributed by atoms with van der Waals surface area (Å²) in [5.41, 5.74) is -1.62. The first-order valence-electron chi connectivity index (χ1n) is 5.73. The van der Waals surface area contributed by atoms with Gasteiger partial charge in [0.15, 0.2) is 0 Å².